The first-order valence-electron chi connectivity index (χ1n) is 9.60. The highest BCUT2D eigenvalue weighted by atomic mass is 32.2. The molecule has 1 aliphatic heterocycles. The van der Waals surface area contributed by atoms with Crippen LogP contribution in [0.1, 0.15) is 30.1 Å². The number of anilines is 1. The summed E-state index contributed by atoms with van der Waals surface area (Å²) in [5, 5.41) is 0.607. The summed E-state index contributed by atoms with van der Waals surface area (Å²) in [7, 11) is -1.84. The zero-order valence-corrected chi connectivity index (χ0v) is 18.0. The number of benzene rings is 2. The van der Waals surface area contributed by atoms with E-state index in [0.29, 0.717) is 29.7 Å². The summed E-state index contributed by atoms with van der Waals surface area (Å²) in [6.45, 7) is 3.24. The number of para-hydroxylation sites is 1. The van der Waals surface area contributed by atoms with Crippen molar-refractivity contribution in [2.24, 2.45) is 5.92 Å². The van der Waals surface area contributed by atoms with Gasteiger partial charge in [-0.25, -0.2) is 13.4 Å². The topological polar surface area (TPSA) is 70.6 Å². The molecule has 2 heterocycles. The molecular weight excluding hydrogens is 406 g/mol. The van der Waals surface area contributed by atoms with Crippen molar-refractivity contribution in [2.75, 3.05) is 25.0 Å². The summed E-state index contributed by atoms with van der Waals surface area (Å²) >= 11 is 1.45. The molecule has 0 atom stereocenters. The molecule has 8 heteroatoms. The van der Waals surface area contributed by atoms with E-state index in [1.54, 1.807) is 19.2 Å². The fourth-order valence-corrected chi connectivity index (χ4v) is 5.82. The first kappa shape index (κ1) is 20.0. The summed E-state index contributed by atoms with van der Waals surface area (Å²) in [5.74, 6) is 0.333. The minimum absolute atomic E-state index is 0.222. The molecule has 1 fully saturated rings. The molecule has 0 saturated carbocycles. The van der Waals surface area contributed by atoms with Crippen LogP contribution < -0.4 is 4.90 Å². The zero-order valence-electron chi connectivity index (χ0n) is 16.4. The second-order valence-electron chi connectivity index (χ2n) is 7.44. The number of hydrogen-bond donors (Lipinski definition) is 0. The molecule has 3 aromatic rings. The number of aromatic nitrogens is 1. The van der Waals surface area contributed by atoms with E-state index < -0.39 is 10.0 Å². The minimum Gasteiger partial charge on any atom is -0.287 e. The van der Waals surface area contributed by atoms with Crippen LogP contribution in [0.15, 0.2) is 53.4 Å². The van der Waals surface area contributed by atoms with Crippen molar-refractivity contribution < 1.29 is 13.2 Å². The number of carbonyl (C=O) groups is 1. The summed E-state index contributed by atoms with van der Waals surface area (Å²) in [6, 6.07) is 13.9. The van der Waals surface area contributed by atoms with Crippen LogP contribution in [-0.4, -0.2) is 43.8 Å². The van der Waals surface area contributed by atoms with E-state index in [-0.39, 0.29) is 10.8 Å². The summed E-state index contributed by atoms with van der Waals surface area (Å²) < 4.78 is 28.3. The van der Waals surface area contributed by atoms with Gasteiger partial charge in [0, 0.05) is 25.7 Å². The molecular formula is C21H23N3O3S2. The molecule has 1 aliphatic rings. The maximum atomic E-state index is 12.9. The van der Waals surface area contributed by atoms with Crippen LogP contribution in [0.25, 0.3) is 10.2 Å². The van der Waals surface area contributed by atoms with E-state index >= 15 is 0 Å². The predicted molar refractivity (Wildman–Crippen MR) is 116 cm³/mol. The first-order valence-corrected chi connectivity index (χ1v) is 11.9. The van der Waals surface area contributed by atoms with Crippen molar-refractivity contribution in [3.05, 3.63) is 54.1 Å². The van der Waals surface area contributed by atoms with Crippen molar-refractivity contribution in [3.63, 3.8) is 0 Å². The maximum absolute atomic E-state index is 12.9. The molecule has 1 saturated heterocycles. The van der Waals surface area contributed by atoms with Crippen LogP contribution in [0.5, 0.6) is 0 Å². The van der Waals surface area contributed by atoms with Crippen molar-refractivity contribution in [3.8, 4) is 0 Å². The van der Waals surface area contributed by atoms with E-state index in [1.807, 2.05) is 24.3 Å². The minimum atomic E-state index is -3.52. The predicted octanol–water partition coefficient (Wildman–Crippen LogP) is 3.99. The van der Waals surface area contributed by atoms with Crippen molar-refractivity contribution in [1.29, 1.82) is 0 Å². The number of fused-ring (bicyclic) bond motifs is 1. The number of nitrogens with zero attached hydrogens (tertiary/aromatic N) is 3. The highest BCUT2D eigenvalue weighted by Gasteiger charge is 2.28. The molecule has 0 bridgehead atoms. The molecule has 2 aromatic carbocycles. The molecule has 0 unspecified atom stereocenters. The van der Waals surface area contributed by atoms with E-state index in [9.17, 15) is 13.2 Å². The Kier molecular flexibility index (Phi) is 5.42. The lowest BCUT2D eigenvalue weighted by Gasteiger charge is -2.29. The Bertz CT molecular complexity index is 1100. The third kappa shape index (κ3) is 3.92. The van der Waals surface area contributed by atoms with E-state index in [2.05, 4.69) is 11.9 Å². The van der Waals surface area contributed by atoms with Gasteiger partial charge in [-0.15, -0.1) is 0 Å². The lowest BCUT2D eigenvalue weighted by atomic mass is 10.0. The van der Waals surface area contributed by atoms with Gasteiger partial charge in [0.15, 0.2) is 5.13 Å². The van der Waals surface area contributed by atoms with Gasteiger partial charge in [0.25, 0.3) is 5.91 Å². The van der Waals surface area contributed by atoms with Crippen LogP contribution in [0, 0.1) is 5.92 Å². The smallest absolute Gasteiger partial charge is 0.259 e. The Labute approximate surface area is 174 Å². The van der Waals surface area contributed by atoms with Gasteiger partial charge in [-0.3, -0.25) is 9.69 Å². The average molecular weight is 430 g/mol. The average Bonchev–Trinajstić information content (AvgIpc) is 3.17. The molecule has 1 aromatic heterocycles. The number of carbonyl (C=O) groups excluding carboxylic acids is 1. The fourth-order valence-electron chi connectivity index (χ4n) is 3.43. The van der Waals surface area contributed by atoms with Crippen molar-refractivity contribution >= 4 is 42.6 Å². The highest BCUT2D eigenvalue weighted by Crippen LogP contribution is 2.29. The monoisotopic (exact) mass is 429 g/mol. The number of thiazole rings is 1. The quantitative estimate of drug-likeness (QED) is 0.629. The fraction of sp³-hybridized carbons (Fsp3) is 0.333. The lowest BCUT2D eigenvalue weighted by molar-refractivity contribution is 0.0993. The second kappa shape index (κ2) is 7.85. The van der Waals surface area contributed by atoms with Gasteiger partial charge in [-0.1, -0.05) is 30.4 Å². The summed E-state index contributed by atoms with van der Waals surface area (Å²) in [5.41, 5.74) is 1.28. The van der Waals surface area contributed by atoms with Gasteiger partial charge >= 0.3 is 0 Å². The van der Waals surface area contributed by atoms with E-state index in [1.165, 1.54) is 32.7 Å². The standard InChI is InChI=1S/C21H23N3O3S2/c1-15-11-13-24(14-12-15)29(26,27)17-9-7-16(8-10-17)20(25)23(2)21-22-18-5-3-4-6-19(18)28-21/h3-10,15H,11-14H2,1-2H3. The van der Waals surface area contributed by atoms with E-state index in [0.717, 1.165) is 23.1 Å². The van der Waals surface area contributed by atoms with Gasteiger partial charge in [0.05, 0.1) is 15.1 Å². The van der Waals surface area contributed by atoms with Crippen molar-refractivity contribution in [2.45, 2.75) is 24.7 Å². The highest BCUT2D eigenvalue weighted by molar-refractivity contribution is 7.89. The number of hydrogen-bond acceptors (Lipinski definition) is 5. The van der Waals surface area contributed by atoms with Crippen molar-refractivity contribution in [1.82, 2.24) is 9.29 Å². The molecule has 4 rings (SSSR count). The Balaban J connectivity index is 1.53. The molecule has 0 radical (unpaired) electrons. The van der Waals surface area contributed by atoms with Crippen LogP contribution in [0.2, 0.25) is 0 Å². The number of rotatable bonds is 4. The van der Waals surface area contributed by atoms with Gasteiger partial charge in [-0.2, -0.15) is 4.31 Å². The second-order valence-corrected chi connectivity index (χ2v) is 10.4. The van der Waals surface area contributed by atoms with E-state index in [4.69, 9.17) is 0 Å². The van der Waals surface area contributed by atoms with Crippen LogP contribution >= 0.6 is 11.3 Å². The molecule has 1 amide bonds. The van der Waals surface area contributed by atoms with Gasteiger partial charge < -0.3 is 0 Å². The molecule has 6 nitrogen and oxygen atoms in total. The number of piperidine rings is 1. The lowest BCUT2D eigenvalue weighted by Crippen LogP contribution is -2.37. The Morgan fingerprint density at radius 3 is 2.41 bits per heavy atom. The Morgan fingerprint density at radius 1 is 1.10 bits per heavy atom. The van der Waals surface area contributed by atoms with Crippen LogP contribution in [0.3, 0.4) is 0 Å². The van der Waals surface area contributed by atoms with Crippen LogP contribution in [0.4, 0.5) is 5.13 Å². The molecule has 0 N–H and O–H groups in total. The zero-order chi connectivity index (χ0) is 20.6. The Morgan fingerprint density at radius 2 is 1.76 bits per heavy atom. The normalized spacial score (nSPS) is 16.2. The van der Waals surface area contributed by atoms with Gasteiger partial charge in [0.2, 0.25) is 10.0 Å². The van der Waals surface area contributed by atoms with Crippen LogP contribution in [-0.2, 0) is 10.0 Å². The Hall–Kier alpha value is -2.29. The maximum Gasteiger partial charge on any atom is 0.259 e. The number of sulfonamides is 1. The molecule has 0 aliphatic carbocycles. The molecule has 152 valence electrons. The number of amides is 1. The largest absolute Gasteiger partial charge is 0.287 e. The SMILES string of the molecule is CC1CCN(S(=O)(=O)c2ccc(C(=O)N(C)c3nc4ccccc4s3)cc2)CC1. The third-order valence-corrected chi connectivity index (χ3v) is 8.38. The molecule has 29 heavy (non-hydrogen) atoms. The summed E-state index contributed by atoms with van der Waals surface area (Å²) in [6.07, 6.45) is 1.76. The first-order chi connectivity index (χ1) is 13.9. The van der Waals surface area contributed by atoms with Gasteiger partial charge in [0.1, 0.15) is 0 Å². The third-order valence-electron chi connectivity index (χ3n) is 5.36. The van der Waals surface area contributed by atoms with Gasteiger partial charge in [-0.05, 0) is 55.2 Å². The summed E-state index contributed by atoms with van der Waals surface area (Å²) in [4.78, 5) is 19.1. The molecule has 0 spiro atoms.